The maximum atomic E-state index is 13.0. The van der Waals surface area contributed by atoms with Crippen LogP contribution in [0.2, 0.25) is 0 Å². The van der Waals surface area contributed by atoms with Crippen LogP contribution >= 0.6 is 12.4 Å². The fourth-order valence-electron chi connectivity index (χ4n) is 1.08. The van der Waals surface area contributed by atoms with Crippen molar-refractivity contribution >= 4 is 12.4 Å². The van der Waals surface area contributed by atoms with E-state index in [-0.39, 0.29) is 24.5 Å². The van der Waals surface area contributed by atoms with Crippen LogP contribution in [0.15, 0.2) is 18.2 Å². The Bertz CT molecular complexity index is 324. The molecule has 0 radical (unpaired) electrons. The standard InChI is InChI=1S/C9H9F4N.ClH/c10-8-3-6(5-14)1-2-7(8)4-9(11,12)13;/h1-3H,4-5,14H2;1H. The first-order chi connectivity index (χ1) is 6.42. The third kappa shape index (κ3) is 4.48. The SMILES string of the molecule is Cl.NCc1ccc(CC(F)(F)F)c(F)c1. The lowest BCUT2D eigenvalue weighted by Crippen LogP contribution is -2.13. The maximum Gasteiger partial charge on any atom is 0.393 e. The highest BCUT2D eigenvalue weighted by molar-refractivity contribution is 5.85. The third-order valence-corrected chi connectivity index (χ3v) is 1.74. The molecule has 0 atom stereocenters. The van der Waals surface area contributed by atoms with E-state index < -0.39 is 18.4 Å². The minimum absolute atomic E-state index is 0. The van der Waals surface area contributed by atoms with E-state index in [1.165, 1.54) is 6.07 Å². The molecular weight excluding hydrogens is 234 g/mol. The van der Waals surface area contributed by atoms with Gasteiger partial charge in [0.25, 0.3) is 0 Å². The molecule has 2 N–H and O–H groups in total. The summed E-state index contributed by atoms with van der Waals surface area (Å²) in [5, 5.41) is 0. The fraction of sp³-hybridized carbons (Fsp3) is 0.333. The van der Waals surface area contributed by atoms with Gasteiger partial charge in [-0.3, -0.25) is 0 Å². The lowest BCUT2D eigenvalue weighted by molar-refractivity contribution is -0.127. The predicted molar refractivity (Wildman–Crippen MR) is 51.3 cm³/mol. The molecule has 0 bridgehead atoms. The average Bonchev–Trinajstić information content (AvgIpc) is 2.06. The van der Waals surface area contributed by atoms with Crippen molar-refractivity contribution in [3.8, 4) is 0 Å². The number of nitrogens with two attached hydrogens (primary N) is 1. The van der Waals surface area contributed by atoms with Gasteiger partial charge in [0, 0.05) is 6.54 Å². The Kier molecular flexibility index (Phi) is 5.03. The number of rotatable bonds is 2. The number of alkyl halides is 3. The summed E-state index contributed by atoms with van der Waals surface area (Å²) in [6.45, 7) is 0.114. The van der Waals surface area contributed by atoms with E-state index in [1.807, 2.05) is 0 Å². The summed E-state index contributed by atoms with van der Waals surface area (Å²) >= 11 is 0. The van der Waals surface area contributed by atoms with E-state index in [1.54, 1.807) is 0 Å². The molecule has 0 aliphatic heterocycles. The van der Waals surface area contributed by atoms with Crippen LogP contribution in [0.3, 0.4) is 0 Å². The van der Waals surface area contributed by atoms with Crippen molar-refractivity contribution in [2.75, 3.05) is 0 Å². The quantitative estimate of drug-likeness (QED) is 0.795. The third-order valence-electron chi connectivity index (χ3n) is 1.74. The first kappa shape index (κ1) is 14.2. The van der Waals surface area contributed by atoms with Crippen LogP contribution < -0.4 is 5.73 Å². The minimum atomic E-state index is -4.38. The van der Waals surface area contributed by atoms with Gasteiger partial charge in [0.05, 0.1) is 6.42 Å². The normalized spacial score (nSPS) is 11.0. The highest BCUT2D eigenvalue weighted by Crippen LogP contribution is 2.23. The number of hydrogen-bond donors (Lipinski definition) is 1. The minimum Gasteiger partial charge on any atom is -0.326 e. The van der Waals surface area contributed by atoms with E-state index in [9.17, 15) is 17.6 Å². The molecule has 0 saturated carbocycles. The highest BCUT2D eigenvalue weighted by atomic mass is 35.5. The summed E-state index contributed by atoms with van der Waals surface area (Å²) in [5.41, 5.74) is 5.34. The summed E-state index contributed by atoms with van der Waals surface area (Å²) in [5.74, 6) is -0.856. The van der Waals surface area contributed by atoms with Crippen LogP contribution in [0, 0.1) is 5.82 Å². The highest BCUT2D eigenvalue weighted by Gasteiger charge is 2.28. The van der Waals surface area contributed by atoms with Gasteiger partial charge in [-0.15, -0.1) is 12.4 Å². The first-order valence-corrected chi connectivity index (χ1v) is 3.96. The van der Waals surface area contributed by atoms with Crippen molar-refractivity contribution in [1.82, 2.24) is 0 Å². The summed E-state index contributed by atoms with van der Waals surface area (Å²) in [4.78, 5) is 0. The predicted octanol–water partition coefficient (Wildman–Crippen LogP) is 2.81. The second kappa shape index (κ2) is 5.32. The summed E-state index contributed by atoms with van der Waals surface area (Å²) in [7, 11) is 0. The second-order valence-electron chi connectivity index (χ2n) is 2.92. The maximum absolute atomic E-state index is 13.0. The zero-order valence-electron chi connectivity index (χ0n) is 7.64. The van der Waals surface area contributed by atoms with Crippen LogP contribution in [0.4, 0.5) is 17.6 Å². The van der Waals surface area contributed by atoms with Crippen molar-refractivity contribution in [3.63, 3.8) is 0 Å². The molecule has 0 fully saturated rings. The molecule has 1 nitrogen and oxygen atoms in total. The van der Waals surface area contributed by atoms with Crippen molar-refractivity contribution in [2.24, 2.45) is 5.73 Å². The molecule has 15 heavy (non-hydrogen) atoms. The van der Waals surface area contributed by atoms with Crippen LogP contribution in [-0.2, 0) is 13.0 Å². The number of halogens is 5. The van der Waals surface area contributed by atoms with Crippen LogP contribution in [-0.4, -0.2) is 6.18 Å². The molecule has 0 saturated heterocycles. The fourth-order valence-corrected chi connectivity index (χ4v) is 1.08. The molecule has 1 rings (SSSR count). The van der Waals surface area contributed by atoms with E-state index in [4.69, 9.17) is 5.73 Å². The van der Waals surface area contributed by atoms with Gasteiger partial charge in [-0.05, 0) is 17.2 Å². The van der Waals surface area contributed by atoms with Gasteiger partial charge >= 0.3 is 6.18 Å². The molecule has 0 amide bonds. The Labute approximate surface area is 90.7 Å². The Morgan fingerprint density at radius 1 is 1.20 bits per heavy atom. The first-order valence-electron chi connectivity index (χ1n) is 3.96. The smallest absolute Gasteiger partial charge is 0.326 e. The molecule has 1 aromatic rings. The molecule has 0 heterocycles. The van der Waals surface area contributed by atoms with Gasteiger partial charge in [-0.1, -0.05) is 12.1 Å². The van der Waals surface area contributed by atoms with Crippen LogP contribution in [0.5, 0.6) is 0 Å². The number of benzene rings is 1. The largest absolute Gasteiger partial charge is 0.393 e. The van der Waals surface area contributed by atoms with Gasteiger partial charge in [0.1, 0.15) is 5.82 Å². The van der Waals surface area contributed by atoms with Crippen LogP contribution in [0.1, 0.15) is 11.1 Å². The van der Waals surface area contributed by atoms with Crippen molar-refractivity contribution in [1.29, 1.82) is 0 Å². The summed E-state index contributed by atoms with van der Waals surface area (Å²) in [6.07, 6.45) is -5.63. The molecule has 0 spiro atoms. The van der Waals surface area contributed by atoms with E-state index in [0.717, 1.165) is 12.1 Å². The lowest BCUT2D eigenvalue weighted by Gasteiger charge is -2.08. The molecule has 0 aliphatic rings. The van der Waals surface area contributed by atoms with E-state index in [2.05, 4.69) is 0 Å². The monoisotopic (exact) mass is 243 g/mol. The van der Waals surface area contributed by atoms with Gasteiger partial charge in [0.15, 0.2) is 0 Å². The summed E-state index contributed by atoms with van der Waals surface area (Å²) < 4.78 is 48.7. The Morgan fingerprint density at radius 3 is 2.20 bits per heavy atom. The molecule has 0 unspecified atom stereocenters. The second-order valence-corrected chi connectivity index (χ2v) is 2.92. The Balaban J connectivity index is 0.00000196. The molecule has 1 aromatic carbocycles. The van der Waals surface area contributed by atoms with Crippen molar-refractivity contribution < 1.29 is 17.6 Å². The average molecular weight is 244 g/mol. The van der Waals surface area contributed by atoms with Crippen molar-refractivity contribution in [2.45, 2.75) is 19.1 Å². The van der Waals surface area contributed by atoms with Gasteiger partial charge in [0.2, 0.25) is 0 Å². The van der Waals surface area contributed by atoms with E-state index >= 15 is 0 Å². The molecule has 86 valence electrons. The Morgan fingerprint density at radius 2 is 1.80 bits per heavy atom. The van der Waals surface area contributed by atoms with Crippen molar-refractivity contribution in [3.05, 3.63) is 35.1 Å². The van der Waals surface area contributed by atoms with Crippen LogP contribution in [0.25, 0.3) is 0 Å². The zero-order valence-corrected chi connectivity index (χ0v) is 8.46. The van der Waals surface area contributed by atoms with E-state index in [0.29, 0.717) is 5.56 Å². The topological polar surface area (TPSA) is 26.0 Å². The van der Waals surface area contributed by atoms with Gasteiger partial charge < -0.3 is 5.73 Å². The zero-order chi connectivity index (χ0) is 10.8. The summed E-state index contributed by atoms with van der Waals surface area (Å²) in [6, 6.07) is 3.54. The number of hydrogen-bond acceptors (Lipinski definition) is 1. The lowest BCUT2D eigenvalue weighted by atomic mass is 10.1. The molecule has 6 heteroatoms. The molecule has 0 aromatic heterocycles. The van der Waals surface area contributed by atoms with Gasteiger partial charge in [-0.2, -0.15) is 13.2 Å². The Hall–Kier alpha value is -0.810. The van der Waals surface area contributed by atoms with Gasteiger partial charge in [-0.25, -0.2) is 4.39 Å². The molecular formula is C9H10ClF4N. The molecule has 0 aliphatic carbocycles.